The van der Waals surface area contributed by atoms with E-state index in [9.17, 15) is 13.6 Å². The third-order valence-corrected chi connectivity index (χ3v) is 3.45. The van der Waals surface area contributed by atoms with Crippen molar-refractivity contribution in [3.05, 3.63) is 62.5 Å². The van der Waals surface area contributed by atoms with Gasteiger partial charge in [-0.15, -0.1) is 0 Å². The summed E-state index contributed by atoms with van der Waals surface area (Å²) in [5.74, 6) is -2.17. The molecule has 0 saturated carbocycles. The first-order valence-electron chi connectivity index (χ1n) is 5.18. The molecule has 2 aromatic carbocycles. The van der Waals surface area contributed by atoms with E-state index < -0.39 is 17.5 Å². The Morgan fingerprint density at radius 3 is 2.21 bits per heavy atom. The minimum atomic E-state index is -0.792. The Hall–Kier alpha value is -1.27. The third-order valence-electron chi connectivity index (χ3n) is 2.30. The van der Waals surface area contributed by atoms with Crippen molar-refractivity contribution in [1.82, 2.24) is 0 Å². The number of halogens is 4. The van der Waals surface area contributed by atoms with Crippen molar-refractivity contribution in [3.63, 3.8) is 0 Å². The van der Waals surface area contributed by atoms with Crippen molar-refractivity contribution in [2.24, 2.45) is 0 Å². The molecule has 0 heterocycles. The zero-order chi connectivity index (χ0) is 14.0. The molecule has 98 valence electrons. The maximum absolute atomic E-state index is 13.0. The standard InChI is InChI=1S/C13H7Br2F2NO/c14-8-1-2-12(11(15)5-8)18-13(19)7-3-9(16)6-10(17)4-7/h1-6H,(H,18,19). The lowest BCUT2D eigenvalue weighted by molar-refractivity contribution is 0.102. The van der Waals surface area contributed by atoms with Crippen LogP contribution < -0.4 is 5.32 Å². The van der Waals surface area contributed by atoms with Gasteiger partial charge in [-0.05, 0) is 46.3 Å². The topological polar surface area (TPSA) is 29.1 Å². The lowest BCUT2D eigenvalue weighted by Gasteiger charge is -2.08. The Morgan fingerprint density at radius 1 is 1.00 bits per heavy atom. The second-order valence-electron chi connectivity index (χ2n) is 3.74. The van der Waals surface area contributed by atoms with Gasteiger partial charge in [0.15, 0.2) is 0 Å². The molecule has 0 fully saturated rings. The average Bonchev–Trinajstić information content (AvgIpc) is 2.31. The fourth-order valence-electron chi connectivity index (χ4n) is 1.47. The monoisotopic (exact) mass is 389 g/mol. The summed E-state index contributed by atoms with van der Waals surface area (Å²) in [6.07, 6.45) is 0. The van der Waals surface area contributed by atoms with Crippen LogP contribution in [0.2, 0.25) is 0 Å². The molecule has 6 heteroatoms. The van der Waals surface area contributed by atoms with Crippen molar-refractivity contribution in [1.29, 1.82) is 0 Å². The van der Waals surface area contributed by atoms with E-state index in [4.69, 9.17) is 0 Å². The van der Waals surface area contributed by atoms with Gasteiger partial charge in [-0.25, -0.2) is 8.78 Å². The molecule has 0 saturated heterocycles. The highest BCUT2D eigenvalue weighted by atomic mass is 79.9. The number of carbonyl (C=O) groups excluding carboxylic acids is 1. The van der Waals surface area contributed by atoms with Gasteiger partial charge >= 0.3 is 0 Å². The summed E-state index contributed by atoms with van der Waals surface area (Å²) >= 11 is 6.57. The number of carbonyl (C=O) groups is 1. The summed E-state index contributed by atoms with van der Waals surface area (Å²) in [5.41, 5.74) is 0.435. The lowest BCUT2D eigenvalue weighted by Crippen LogP contribution is -2.12. The molecular formula is C13H7Br2F2NO. The Balaban J connectivity index is 2.25. The highest BCUT2D eigenvalue weighted by Gasteiger charge is 2.11. The van der Waals surface area contributed by atoms with Crippen molar-refractivity contribution in [3.8, 4) is 0 Å². The summed E-state index contributed by atoms with van der Waals surface area (Å²) in [5, 5.41) is 2.57. The Morgan fingerprint density at radius 2 is 1.63 bits per heavy atom. The number of rotatable bonds is 2. The number of amides is 1. The molecule has 2 aromatic rings. The van der Waals surface area contributed by atoms with Crippen molar-refractivity contribution >= 4 is 43.5 Å². The van der Waals surface area contributed by atoms with Crippen LogP contribution >= 0.6 is 31.9 Å². The predicted molar refractivity (Wildman–Crippen MR) is 76.2 cm³/mol. The molecule has 0 aliphatic rings. The first-order valence-corrected chi connectivity index (χ1v) is 6.77. The molecule has 0 aliphatic carbocycles. The molecule has 0 aromatic heterocycles. The summed E-state index contributed by atoms with van der Waals surface area (Å²) in [6.45, 7) is 0. The zero-order valence-electron chi connectivity index (χ0n) is 9.38. The van der Waals surface area contributed by atoms with E-state index in [-0.39, 0.29) is 5.56 Å². The minimum Gasteiger partial charge on any atom is -0.321 e. The Bertz CT molecular complexity index is 626. The molecule has 0 aliphatic heterocycles. The third kappa shape index (κ3) is 3.61. The van der Waals surface area contributed by atoms with Crippen LogP contribution in [0.5, 0.6) is 0 Å². The lowest BCUT2D eigenvalue weighted by atomic mass is 10.2. The largest absolute Gasteiger partial charge is 0.321 e. The maximum atomic E-state index is 13.0. The number of benzene rings is 2. The molecule has 0 unspecified atom stereocenters. The second-order valence-corrected chi connectivity index (χ2v) is 5.51. The molecule has 0 spiro atoms. The smallest absolute Gasteiger partial charge is 0.255 e. The number of nitrogens with one attached hydrogen (secondary N) is 1. The summed E-state index contributed by atoms with van der Waals surface area (Å²) in [4.78, 5) is 11.9. The number of anilines is 1. The number of hydrogen-bond acceptors (Lipinski definition) is 1. The molecule has 0 atom stereocenters. The maximum Gasteiger partial charge on any atom is 0.255 e. The molecular weight excluding hydrogens is 384 g/mol. The van der Waals surface area contributed by atoms with E-state index in [2.05, 4.69) is 37.2 Å². The molecule has 1 amide bonds. The Kier molecular flexibility index (Phi) is 4.31. The van der Waals surface area contributed by atoms with Crippen LogP contribution in [0, 0.1) is 11.6 Å². The number of hydrogen-bond donors (Lipinski definition) is 1. The highest BCUT2D eigenvalue weighted by molar-refractivity contribution is 9.11. The SMILES string of the molecule is O=C(Nc1ccc(Br)cc1Br)c1cc(F)cc(F)c1. The molecule has 0 bridgehead atoms. The van der Waals surface area contributed by atoms with Crippen LogP contribution in [0.4, 0.5) is 14.5 Å². The fourth-order valence-corrected chi connectivity index (χ4v) is 2.62. The normalized spacial score (nSPS) is 10.3. The van der Waals surface area contributed by atoms with Crippen LogP contribution in [0.3, 0.4) is 0 Å². The van der Waals surface area contributed by atoms with Crippen molar-refractivity contribution in [2.75, 3.05) is 5.32 Å². The Labute approximate surface area is 125 Å². The average molecular weight is 391 g/mol. The molecule has 1 N–H and O–H groups in total. The summed E-state index contributed by atoms with van der Waals surface area (Å²) in [6, 6.07) is 7.83. The molecule has 2 nitrogen and oxygen atoms in total. The summed E-state index contributed by atoms with van der Waals surface area (Å²) in [7, 11) is 0. The molecule has 0 radical (unpaired) electrons. The first-order chi connectivity index (χ1) is 8.95. The summed E-state index contributed by atoms with van der Waals surface area (Å²) < 4.78 is 27.5. The van der Waals surface area contributed by atoms with Gasteiger partial charge in [0.2, 0.25) is 0 Å². The van der Waals surface area contributed by atoms with Crippen LogP contribution in [0.25, 0.3) is 0 Å². The van der Waals surface area contributed by atoms with Crippen molar-refractivity contribution < 1.29 is 13.6 Å². The predicted octanol–water partition coefficient (Wildman–Crippen LogP) is 4.74. The minimum absolute atomic E-state index is 0.0766. The van der Waals surface area contributed by atoms with E-state index in [0.717, 1.165) is 16.6 Å². The van der Waals surface area contributed by atoms with E-state index in [1.807, 2.05) is 0 Å². The molecule has 2 rings (SSSR count). The van der Waals surface area contributed by atoms with Gasteiger partial charge in [0.05, 0.1) is 5.69 Å². The van der Waals surface area contributed by atoms with Gasteiger partial charge in [-0.1, -0.05) is 15.9 Å². The van der Waals surface area contributed by atoms with Crippen LogP contribution in [-0.4, -0.2) is 5.91 Å². The van der Waals surface area contributed by atoms with E-state index in [1.54, 1.807) is 18.2 Å². The van der Waals surface area contributed by atoms with Gasteiger partial charge in [0.25, 0.3) is 5.91 Å². The van der Waals surface area contributed by atoms with Gasteiger partial charge in [0.1, 0.15) is 11.6 Å². The van der Waals surface area contributed by atoms with Crippen LogP contribution in [0.15, 0.2) is 45.3 Å². The van der Waals surface area contributed by atoms with Crippen molar-refractivity contribution in [2.45, 2.75) is 0 Å². The van der Waals surface area contributed by atoms with Gasteiger partial charge in [0, 0.05) is 20.6 Å². The molecule has 19 heavy (non-hydrogen) atoms. The highest BCUT2D eigenvalue weighted by Crippen LogP contribution is 2.26. The van der Waals surface area contributed by atoms with E-state index in [0.29, 0.717) is 16.2 Å². The quantitative estimate of drug-likeness (QED) is 0.788. The van der Waals surface area contributed by atoms with Crippen LogP contribution in [-0.2, 0) is 0 Å². The zero-order valence-corrected chi connectivity index (χ0v) is 12.6. The van der Waals surface area contributed by atoms with E-state index in [1.165, 1.54) is 0 Å². The van der Waals surface area contributed by atoms with Gasteiger partial charge < -0.3 is 5.32 Å². The second kappa shape index (κ2) is 5.79. The van der Waals surface area contributed by atoms with Gasteiger partial charge in [-0.3, -0.25) is 4.79 Å². The van der Waals surface area contributed by atoms with Crippen LogP contribution in [0.1, 0.15) is 10.4 Å². The van der Waals surface area contributed by atoms with Gasteiger partial charge in [-0.2, -0.15) is 0 Å². The first kappa shape index (κ1) is 14.1. The fraction of sp³-hybridized carbons (Fsp3) is 0. The van der Waals surface area contributed by atoms with E-state index >= 15 is 0 Å².